The largest absolute Gasteiger partial charge is 0.425 e. The van der Waals surface area contributed by atoms with Crippen molar-refractivity contribution >= 4 is 29.2 Å². The van der Waals surface area contributed by atoms with Crippen LogP contribution in [0.3, 0.4) is 0 Å². The first kappa shape index (κ1) is 40.1. The van der Waals surface area contributed by atoms with Crippen LogP contribution in [-0.2, 0) is 32.9 Å². The predicted octanol–water partition coefficient (Wildman–Crippen LogP) is 8.84. The van der Waals surface area contributed by atoms with Gasteiger partial charge in [-0.25, -0.2) is 4.79 Å². The maximum atomic E-state index is 14.7. The van der Waals surface area contributed by atoms with Crippen molar-refractivity contribution in [2.24, 2.45) is 0 Å². The van der Waals surface area contributed by atoms with Gasteiger partial charge in [-0.15, -0.1) is 0 Å². The Kier molecular flexibility index (Phi) is 15.9. The summed E-state index contributed by atoms with van der Waals surface area (Å²) in [6, 6.07) is 39.2. The lowest BCUT2D eigenvalue weighted by Crippen LogP contribution is -2.41. The molecule has 0 aliphatic rings. The fourth-order valence-electron chi connectivity index (χ4n) is 6.47. The van der Waals surface area contributed by atoms with Gasteiger partial charge in [0, 0.05) is 34.3 Å². The zero-order valence-electron chi connectivity index (χ0n) is 29.8. The summed E-state index contributed by atoms with van der Waals surface area (Å²) >= 11 is 12.3. The fourth-order valence-corrected chi connectivity index (χ4v) is 6.98. The average Bonchev–Trinajstić information content (AvgIpc) is 3.19. The van der Waals surface area contributed by atoms with E-state index in [0.717, 1.165) is 54.5 Å². The van der Waals surface area contributed by atoms with Gasteiger partial charge in [0.15, 0.2) is 0 Å². The van der Waals surface area contributed by atoms with Gasteiger partial charge in [-0.3, -0.25) is 0 Å². The smallest absolute Gasteiger partial charge is 0.331 e. The Hall–Kier alpha value is -4.05. The SMILES string of the molecule is O=C(Oc1cccc([C@@H](O)CNCCCCCCOCCOCc2c(Cl)cccc2Cl)c1CO)C(c1ccccc1)(c1ccccc1)c1ccccc1. The molecule has 0 radical (unpaired) electrons. The summed E-state index contributed by atoms with van der Waals surface area (Å²) in [6.07, 6.45) is 3.03. The number of benzene rings is 5. The van der Waals surface area contributed by atoms with Crippen molar-refractivity contribution in [2.75, 3.05) is 32.9 Å². The third-order valence-corrected chi connectivity index (χ3v) is 9.93. The van der Waals surface area contributed by atoms with E-state index in [2.05, 4.69) is 5.32 Å². The Morgan fingerprint density at radius 1 is 0.642 bits per heavy atom. The van der Waals surface area contributed by atoms with Crippen molar-refractivity contribution in [2.45, 2.75) is 50.4 Å². The molecule has 0 saturated carbocycles. The minimum Gasteiger partial charge on any atom is -0.425 e. The number of rotatable bonds is 21. The van der Waals surface area contributed by atoms with Gasteiger partial charge >= 0.3 is 5.97 Å². The highest BCUT2D eigenvalue weighted by molar-refractivity contribution is 6.35. The number of carbonyl (C=O) groups excluding carboxylic acids is 1. The first-order chi connectivity index (χ1) is 26.0. The second kappa shape index (κ2) is 21.0. The number of ether oxygens (including phenoxy) is 3. The number of aliphatic hydroxyl groups excluding tert-OH is 2. The number of esters is 1. The first-order valence-electron chi connectivity index (χ1n) is 18.1. The van der Waals surface area contributed by atoms with E-state index < -0.39 is 24.1 Å². The van der Waals surface area contributed by atoms with Crippen LogP contribution in [-0.4, -0.2) is 49.1 Å². The molecule has 9 heteroatoms. The molecule has 0 amide bonds. The highest BCUT2D eigenvalue weighted by atomic mass is 35.5. The fraction of sp³-hybridized carbons (Fsp3) is 0.295. The number of carbonyl (C=O) groups is 1. The summed E-state index contributed by atoms with van der Waals surface area (Å²) in [5.41, 5.74) is 2.63. The summed E-state index contributed by atoms with van der Waals surface area (Å²) < 4.78 is 17.6. The minimum atomic E-state index is -1.29. The maximum absolute atomic E-state index is 14.7. The first-order valence-corrected chi connectivity index (χ1v) is 18.8. The summed E-state index contributed by atoms with van der Waals surface area (Å²) in [4.78, 5) is 14.7. The Labute approximate surface area is 322 Å². The van der Waals surface area contributed by atoms with Crippen LogP contribution in [0.1, 0.15) is 65.2 Å². The van der Waals surface area contributed by atoms with Crippen LogP contribution in [0, 0.1) is 0 Å². The second-order valence-electron chi connectivity index (χ2n) is 12.7. The van der Waals surface area contributed by atoms with E-state index in [4.69, 9.17) is 37.4 Å². The van der Waals surface area contributed by atoms with Crippen LogP contribution < -0.4 is 10.1 Å². The normalized spacial score (nSPS) is 12.1. The quantitative estimate of drug-likeness (QED) is 0.0298. The predicted molar refractivity (Wildman–Crippen MR) is 210 cm³/mol. The molecule has 0 fully saturated rings. The Morgan fingerprint density at radius 2 is 1.19 bits per heavy atom. The van der Waals surface area contributed by atoms with Gasteiger partial charge in [0.05, 0.1) is 32.5 Å². The summed E-state index contributed by atoms with van der Waals surface area (Å²) in [6.45, 7) is 2.59. The van der Waals surface area contributed by atoms with Gasteiger partial charge in [-0.2, -0.15) is 0 Å². The van der Waals surface area contributed by atoms with E-state index in [1.807, 2.05) is 97.1 Å². The van der Waals surface area contributed by atoms with E-state index in [1.165, 1.54) is 0 Å². The number of hydrogen-bond acceptors (Lipinski definition) is 7. The van der Waals surface area contributed by atoms with Crippen molar-refractivity contribution in [3.8, 4) is 5.75 Å². The molecule has 3 N–H and O–H groups in total. The van der Waals surface area contributed by atoms with Crippen LogP contribution in [0.25, 0.3) is 0 Å². The van der Waals surface area contributed by atoms with Gasteiger partial charge < -0.3 is 29.7 Å². The van der Waals surface area contributed by atoms with E-state index in [1.54, 1.807) is 30.3 Å². The highest BCUT2D eigenvalue weighted by Gasteiger charge is 2.46. The van der Waals surface area contributed by atoms with E-state index in [-0.39, 0.29) is 12.3 Å². The van der Waals surface area contributed by atoms with Crippen LogP contribution in [0.5, 0.6) is 5.75 Å². The number of hydrogen-bond donors (Lipinski definition) is 3. The van der Waals surface area contributed by atoms with Crippen molar-refractivity contribution in [3.05, 3.63) is 171 Å². The third-order valence-electron chi connectivity index (χ3n) is 9.23. The average molecular weight is 757 g/mol. The highest BCUT2D eigenvalue weighted by Crippen LogP contribution is 2.41. The number of unbranched alkanes of at least 4 members (excludes halogenated alkanes) is 3. The van der Waals surface area contributed by atoms with E-state index in [0.29, 0.717) is 47.6 Å². The lowest BCUT2D eigenvalue weighted by molar-refractivity contribution is -0.138. The van der Waals surface area contributed by atoms with Gasteiger partial charge in [-0.1, -0.05) is 145 Å². The zero-order chi connectivity index (χ0) is 37.3. The van der Waals surface area contributed by atoms with Gasteiger partial charge in [0.25, 0.3) is 0 Å². The Balaban J connectivity index is 1.11. The molecule has 0 bridgehead atoms. The summed E-state index contributed by atoms with van der Waals surface area (Å²) in [7, 11) is 0. The number of halogens is 2. The van der Waals surface area contributed by atoms with Crippen molar-refractivity contribution in [1.29, 1.82) is 0 Å². The lowest BCUT2D eigenvalue weighted by Gasteiger charge is -2.33. The molecule has 0 heterocycles. The van der Waals surface area contributed by atoms with Gasteiger partial charge in [-0.05, 0) is 59.8 Å². The molecular formula is C44H47Cl2NO6. The molecule has 0 unspecified atom stereocenters. The third kappa shape index (κ3) is 10.6. The second-order valence-corrected chi connectivity index (χ2v) is 13.5. The topological polar surface area (TPSA) is 97.3 Å². The molecule has 0 spiro atoms. The van der Waals surface area contributed by atoms with Crippen LogP contribution in [0.4, 0.5) is 0 Å². The Bertz CT molecular complexity index is 1720. The molecule has 5 aromatic carbocycles. The monoisotopic (exact) mass is 755 g/mol. The van der Waals surface area contributed by atoms with Crippen molar-refractivity contribution in [3.63, 3.8) is 0 Å². The molecule has 0 aliphatic heterocycles. The van der Waals surface area contributed by atoms with Crippen molar-refractivity contribution in [1.82, 2.24) is 5.32 Å². The van der Waals surface area contributed by atoms with Gasteiger partial charge in [0.1, 0.15) is 11.2 Å². The summed E-state index contributed by atoms with van der Waals surface area (Å²) in [5, 5.41) is 26.2. The maximum Gasteiger partial charge on any atom is 0.331 e. The van der Waals surface area contributed by atoms with Crippen molar-refractivity contribution < 1.29 is 29.2 Å². The zero-order valence-corrected chi connectivity index (χ0v) is 31.3. The molecule has 0 aromatic heterocycles. The molecule has 53 heavy (non-hydrogen) atoms. The molecule has 5 rings (SSSR count). The van der Waals surface area contributed by atoms with E-state index >= 15 is 0 Å². The number of nitrogens with one attached hydrogen (secondary N) is 1. The van der Waals surface area contributed by atoms with E-state index in [9.17, 15) is 15.0 Å². The lowest BCUT2D eigenvalue weighted by atomic mass is 9.69. The molecule has 0 aliphatic carbocycles. The molecule has 278 valence electrons. The van der Waals surface area contributed by atoms with Gasteiger partial charge in [0.2, 0.25) is 0 Å². The Morgan fingerprint density at radius 3 is 1.77 bits per heavy atom. The minimum absolute atomic E-state index is 0.208. The standard InChI is InChI=1S/C44H47Cl2NO6/c45-39-23-15-24-40(46)38(39)32-52-29-28-51-27-13-2-1-12-26-47-30-41(49)36-22-14-25-42(37(36)31-48)53-43(50)44(33-16-6-3-7-17-33,34-18-8-4-9-19-34)35-20-10-5-11-21-35/h3-11,14-25,41,47-49H,1-2,12-13,26-32H2/t41-/m0/s1. The molecule has 1 atom stereocenters. The molecule has 5 aromatic rings. The van der Waals surface area contributed by atoms with Crippen LogP contribution in [0.15, 0.2) is 127 Å². The van der Waals surface area contributed by atoms with Crippen LogP contribution >= 0.6 is 23.2 Å². The summed E-state index contributed by atoms with van der Waals surface area (Å²) in [5.74, 6) is -0.307. The number of aliphatic hydroxyl groups is 2. The molecule has 7 nitrogen and oxygen atoms in total. The molecule has 0 saturated heterocycles. The van der Waals surface area contributed by atoms with Crippen LogP contribution in [0.2, 0.25) is 10.0 Å². The molecular weight excluding hydrogens is 709 g/mol.